The number of carbonyl (C=O) groups is 4. The Kier molecular flexibility index (Phi) is 6.26. The van der Waals surface area contributed by atoms with E-state index in [4.69, 9.17) is 15.9 Å². The van der Waals surface area contributed by atoms with Gasteiger partial charge in [0, 0.05) is 6.54 Å². The molecule has 1 heterocycles. The Morgan fingerprint density at radius 1 is 1.35 bits per heavy atom. The molecule has 0 aromatic heterocycles. The van der Waals surface area contributed by atoms with Crippen LogP contribution in [0, 0.1) is 0 Å². The summed E-state index contributed by atoms with van der Waals surface area (Å²) in [4.78, 5) is 40.8. The van der Waals surface area contributed by atoms with E-state index in [1.165, 1.54) is 0 Å². The summed E-state index contributed by atoms with van der Waals surface area (Å²) < 4.78 is 0. The van der Waals surface area contributed by atoms with Crippen molar-refractivity contribution >= 4 is 23.9 Å². The van der Waals surface area contributed by atoms with Gasteiger partial charge in [0.05, 0.1) is 12.8 Å². The van der Waals surface area contributed by atoms with Gasteiger partial charge in [-0.2, -0.15) is 0 Å². The van der Waals surface area contributed by atoms with Crippen molar-refractivity contribution in [3.63, 3.8) is 0 Å². The molecular formula is C8H13N3O6. The molecule has 9 heteroatoms. The van der Waals surface area contributed by atoms with Crippen molar-refractivity contribution in [2.45, 2.75) is 18.9 Å². The normalized spacial score (nSPS) is 18.3. The minimum absolute atomic E-state index is 0.0694. The molecule has 6 N–H and O–H groups in total. The third kappa shape index (κ3) is 6.84. The van der Waals surface area contributed by atoms with Gasteiger partial charge in [-0.1, -0.05) is 0 Å². The number of imide groups is 1. The number of hydrogen-bond acceptors (Lipinski definition) is 5. The Morgan fingerprint density at radius 2 is 1.94 bits per heavy atom. The van der Waals surface area contributed by atoms with Crippen LogP contribution in [0.15, 0.2) is 0 Å². The summed E-state index contributed by atoms with van der Waals surface area (Å²) in [5, 5.41) is 20.2. The third-order valence-corrected chi connectivity index (χ3v) is 1.60. The first kappa shape index (κ1) is 14.8. The quantitative estimate of drug-likeness (QED) is 0.389. The molecule has 1 rings (SSSR count). The highest BCUT2D eigenvalue weighted by atomic mass is 16.4. The monoisotopic (exact) mass is 247 g/mol. The van der Waals surface area contributed by atoms with Crippen LogP contribution >= 0.6 is 0 Å². The van der Waals surface area contributed by atoms with Crippen molar-refractivity contribution in [3.8, 4) is 0 Å². The molecule has 1 saturated heterocycles. The predicted molar refractivity (Wildman–Crippen MR) is 54.0 cm³/mol. The maximum absolute atomic E-state index is 10.6. The first-order chi connectivity index (χ1) is 7.86. The Labute approximate surface area is 96.0 Å². The van der Waals surface area contributed by atoms with Crippen LogP contribution in [0.3, 0.4) is 0 Å². The Bertz CT molecular complexity index is 313. The van der Waals surface area contributed by atoms with Crippen LogP contribution in [0.4, 0.5) is 4.79 Å². The van der Waals surface area contributed by atoms with Crippen LogP contribution in [0.2, 0.25) is 0 Å². The van der Waals surface area contributed by atoms with Crippen molar-refractivity contribution in [3.05, 3.63) is 0 Å². The number of hydrogen-bond donors (Lipinski definition) is 5. The first-order valence-corrected chi connectivity index (χ1v) is 4.61. The van der Waals surface area contributed by atoms with E-state index in [-0.39, 0.29) is 19.4 Å². The number of urea groups is 1. The fourth-order valence-electron chi connectivity index (χ4n) is 0.881. The smallest absolute Gasteiger partial charge is 0.326 e. The Morgan fingerprint density at radius 3 is 2.24 bits per heavy atom. The highest BCUT2D eigenvalue weighted by Crippen LogP contribution is 1.97. The zero-order valence-electron chi connectivity index (χ0n) is 8.80. The van der Waals surface area contributed by atoms with Crippen LogP contribution in [-0.2, 0) is 14.4 Å². The summed E-state index contributed by atoms with van der Waals surface area (Å²) in [7, 11) is 0. The summed E-state index contributed by atoms with van der Waals surface area (Å²) in [6, 6.07) is -1.84. The molecule has 96 valence electrons. The summed E-state index contributed by atoms with van der Waals surface area (Å²) in [6.45, 7) is 0.231. The first-order valence-electron chi connectivity index (χ1n) is 4.61. The number of nitrogens with one attached hydrogen (secondary N) is 2. The van der Waals surface area contributed by atoms with Crippen molar-refractivity contribution in [1.29, 1.82) is 0 Å². The van der Waals surface area contributed by atoms with Gasteiger partial charge < -0.3 is 21.3 Å². The van der Waals surface area contributed by atoms with Gasteiger partial charge in [0.25, 0.3) is 0 Å². The molecule has 0 aromatic rings. The maximum Gasteiger partial charge on any atom is 0.326 e. The molecule has 1 aliphatic rings. The molecule has 0 aromatic carbocycles. The van der Waals surface area contributed by atoms with Crippen LogP contribution in [0.5, 0.6) is 0 Å². The second-order valence-corrected chi connectivity index (χ2v) is 3.05. The van der Waals surface area contributed by atoms with E-state index < -0.39 is 29.9 Å². The molecule has 1 atom stereocenters. The van der Waals surface area contributed by atoms with Crippen LogP contribution in [-0.4, -0.2) is 46.7 Å². The van der Waals surface area contributed by atoms with Gasteiger partial charge in [-0.3, -0.25) is 14.9 Å². The van der Waals surface area contributed by atoms with E-state index >= 15 is 0 Å². The lowest BCUT2D eigenvalue weighted by Crippen LogP contribution is -2.55. The molecule has 0 saturated carbocycles. The van der Waals surface area contributed by atoms with Crippen LogP contribution in [0.25, 0.3) is 0 Å². The van der Waals surface area contributed by atoms with Gasteiger partial charge in [-0.05, 0) is 0 Å². The van der Waals surface area contributed by atoms with Crippen molar-refractivity contribution in [2.75, 3.05) is 6.54 Å². The number of carboxylic acids is 2. The number of carboxylic acid groups (broad SMARTS) is 2. The lowest BCUT2D eigenvalue weighted by atomic mass is 10.2. The maximum atomic E-state index is 10.6. The van der Waals surface area contributed by atoms with Gasteiger partial charge in [-0.25, -0.2) is 9.59 Å². The fourth-order valence-corrected chi connectivity index (χ4v) is 0.881. The highest BCUT2D eigenvalue weighted by molar-refractivity contribution is 6.01. The largest absolute Gasteiger partial charge is 0.481 e. The second kappa shape index (κ2) is 7.17. The van der Waals surface area contributed by atoms with Crippen molar-refractivity contribution in [2.24, 2.45) is 5.73 Å². The molecular weight excluding hydrogens is 234 g/mol. The fraction of sp³-hybridized carbons (Fsp3) is 0.500. The molecule has 17 heavy (non-hydrogen) atoms. The number of amides is 3. The van der Waals surface area contributed by atoms with Crippen molar-refractivity contribution in [1.82, 2.24) is 10.6 Å². The minimum Gasteiger partial charge on any atom is -0.481 e. The van der Waals surface area contributed by atoms with Crippen LogP contribution in [0.1, 0.15) is 12.8 Å². The van der Waals surface area contributed by atoms with Gasteiger partial charge in [0.1, 0.15) is 6.04 Å². The van der Waals surface area contributed by atoms with Crippen molar-refractivity contribution < 1.29 is 29.4 Å². The molecule has 0 radical (unpaired) electrons. The molecule has 9 nitrogen and oxygen atoms in total. The lowest BCUT2D eigenvalue weighted by molar-refractivity contribution is -0.141. The summed E-state index contributed by atoms with van der Waals surface area (Å²) in [6.07, 6.45) is -0.138. The van der Waals surface area contributed by atoms with E-state index in [0.717, 1.165) is 0 Å². The van der Waals surface area contributed by atoms with E-state index in [9.17, 15) is 19.2 Å². The zero-order valence-corrected chi connectivity index (χ0v) is 8.80. The topological polar surface area (TPSA) is 159 Å². The van der Waals surface area contributed by atoms with E-state index in [0.29, 0.717) is 0 Å². The lowest BCUT2D eigenvalue weighted by Gasteiger charge is -2.18. The van der Waals surface area contributed by atoms with Gasteiger partial charge in [0.2, 0.25) is 5.91 Å². The summed E-state index contributed by atoms with van der Waals surface area (Å²) in [5.41, 5.74) is 4.85. The predicted octanol–water partition coefficient (Wildman–Crippen LogP) is -1.91. The summed E-state index contributed by atoms with van der Waals surface area (Å²) in [5.74, 6) is -2.60. The standard InChI is InChI=1S/C5H6N2O4.C3H7NO2/c8-3-1-2(4(9)10)6-5(11)7-3;4-2-1-3(5)6/h2H,1H2,(H,9,10)(H2,6,7,8,11);1-2,4H2,(H,5,6). The molecule has 1 unspecified atom stereocenters. The number of carbonyl (C=O) groups excluding carboxylic acids is 2. The van der Waals surface area contributed by atoms with Gasteiger partial charge in [0.15, 0.2) is 0 Å². The average Bonchev–Trinajstić information content (AvgIpc) is 2.16. The second-order valence-electron chi connectivity index (χ2n) is 3.05. The zero-order chi connectivity index (χ0) is 13.4. The minimum atomic E-state index is -1.20. The van der Waals surface area contributed by atoms with E-state index in [2.05, 4.69) is 5.32 Å². The average molecular weight is 247 g/mol. The van der Waals surface area contributed by atoms with E-state index in [1.807, 2.05) is 5.32 Å². The van der Waals surface area contributed by atoms with Crippen LogP contribution < -0.4 is 16.4 Å². The molecule has 3 amide bonds. The Hall–Kier alpha value is -2.16. The molecule has 0 aliphatic carbocycles. The number of aliphatic carboxylic acids is 2. The molecule has 1 fully saturated rings. The van der Waals surface area contributed by atoms with Gasteiger partial charge >= 0.3 is 18.0 Å². The number of rotatable bonds is 3. The third-order valence-electron chi connectivity index (χ3n) is 1.60. The molecule has 0 spiro atoms. The Balaban J connectivity index is 0.000000366. The van der Waals surface area contributed by atoms with Gasteiger partial charge in [-0.15, -0.1) is 0 Å². The van der Waals surface area contributed by atoms with E-state index in [1.54, 1.807) is 0 Å². The SMILES string of the molecule is NCCC(=O)O.O=C1CC(C(=O)O)NC(=O)N1. The molecule has 0 bridgehead atoms. The summed E-state index contributed by atoms with van der Waals surface area (Å²) >= 11 is 0. The highest BCUT2D eigenvalue weighted by Gasteiger charge is 2.28. The molecule has 1 aliphatic heterocycles. The number of nitrogens with two attached hydrogens (primary N) is 1.